The molecule has 1 N–H and O–H groups in total. The van der Waals surface area contributed by atoms with Gasteiger partial charge in [0.15, 0.2) is 0 Å². The summed E-state index contributed by atoms with van der Waals surface area (Å²) in [6, 6.07) is 0. The highest BCUT2D eigenvalue weighted by Crippen LogP contribution is 2.41. The van der Waals surface area contributed by atoms with Crippen LogP contribution in [-0.2, 0) is 0 Å². The average molecular weight is 275 g/mol. The number of hydrogen-bond acceptors (Lipinski definition) is 2. The molecule has 0 aromatic rings. The standard InChI is InChI=1S/C18H29NO/c20-19-18-12-10-17(11-13-18)16-8-6-15(7-9-16)14-4-2-1-3-5-14/h16-17,20H,1-13H2. The molecule has 0 heterocycles. The fourth-order valence-electron chi connectivity index (χ4n) is 4.69. The summed E-state index contributed by atoms with van der Waals surface area (Å²) in [6.45, 7) is 0. The third kappa shape index (κ3) is 3.27. The Hall–Kier alpha value is -0.790. The van der Waals surface area contributed by atoms with Gasteiger partial charge in [-0.2, -0.15) is 0 Å². The van der Waals surface area contributed by atoms with Gasteiger partial charge in [0.1, 0.15) is 0 Å². The van der Waals surface area contributed by atoms with Crippen molar-refractivity contribution in [3.05, 3.63) is 11.1 Å². The lowest BCUT2D eigenvalue weighted by Gasteiger charge is -2.35. The maximum Gasteiger partial charge on any atom is 0.0571 e. The molecule has 20 heavy (non-hydrogen) atoms. The van der Waals surface area contributed by atoms with E-state index in [1.54, 1.807) is 0 Å². The molecule has 2 nitrogen and oxygen atoms in total. The van der Waals surface area contributed by atoms with Crippen LogP contribution in [0.1, 0.15) is 83.5 Å². The lowest BCUT2D eigenvalue weighted by Crippen LogP contribution is -2.24. The molecule has 3 saturated carbocycles. The fraction of sp³-hybridized carbons (Fsp3) is 0.833. The number of allylic oxidation sites excluding steroid dienone is 2. The maximum atomic E-state index is 8.85. The van der Waals surface area contributed by atoms with Crippen LogP contribution in [0.2, 0.25) is 0 Å². The molecule has 0 saturated heterocycles. The first-order chi connectivity index (χ1) is 9.86. The molecule has 0 aromatic carbocycles. The molecule has 3 rings (SSSR count). The van der Waals surface area contributed by atoms with Crippen molar-refractivity contribution in [1.82, 2.24) is 0 Å². The third-order valence-electron chi connectivity index (χ3n) is 6.01. The Balaban J connectivity index is 1.51. The average Bonchev–Trinajstić information content (AvgIpc) is 2.56. The highest BCUT2D eigenvalue weighted by Gasteiger charge is 2.29. The maximum absolute atomic E-state index is 8.85. The quantitative estimate of drug-likeness (QED) is 0.385. The van der Waals surface area contributed by atoms with Gasteiger partial charge in [-0.05, 0) is 88.9 Å². The zero-order chi connectivity index (χ0) is 13.8. The Morgan fingerprint density at radius 3 is 1.70 bits per heavy atom. The molecule has 0 radical (unpaired) electrons. The van der Waals surface area contributed by atoms with Gasteiger partial charge in [-0.15, -0.1) is 0 Å². The van der Waals surface area contributed by atoms with Gasteiger partial charge in [0.05, 0.1) is 5.71 Å². The van der Waals surface area contributed by atoms with Gasteiger partial charge in [-0.1, -0.05) is 22.7 Å². The van der Waals surface area contributed by atoms with Crippen LogP contribution in [0.4, 0.5) is 0 Å². The van der Waals surface area contributed by atoms with Crippen LogP contribution in [0, 0.1) is 11.8 Å². The van der Waals surface area contributed by atoms with E-state index < -0.39 is 0 Å². The zero-order valence-corrected chi connectivity index (χ0v) is 12.7. The highest BCUT2D eigenvalue weighted by atomic mass is 16.4. The largest absolute Gasteiger partial charge is 0.411 e. The van der Waals surface area contributed by atoms with Gasteiger partial charge in [0, 0.05) is 0 Å². The molecular formula is C18H29NO. The predicted octanol–water partition coefficient (Wildman–Crippen LogP) is 5.46. The Morgan fingerprint density at radius 2 is 1.15 bits per heavy atom. The lowest BCUT2D eigenvalue weighted by molar-refractivity contribution is 0.236. The number of nitrogens with zero attached hydrogens (tertiary/aromatic N) is 1. The molecule has 0 aliphatic heterocycles. The van der Waals surface area contributed by atoms with Crippen LogP contribution in [0.5, 0.6) is 0 Å². The lowest BCUT2D eigenvalue weighted by atomic mass is 9.71. The van der Waals surface area contributed by atoms with Crippen molar-refractivity contribution >= 4 is 5.71 Å². The van der Waals surface area contributed by atoms with Crippen molar-refractivity contribution < 1.29 is 5.21 Å². The highest BCUT2D eigenvalue weighted by molar-refractivity contribution is 5.84. The topological polar surface area (TPSA) is 32.6 Å². The van der Waals surface area contributed by atoms with E-state index in [1.807, 2.05) is 11.1 Å². The van der Waals surface area contributed by atoms with E-state index in [0.29, 0.717) is 0 Å². The van der Waals surface area contributed by atoms with Crippen LogP contribution in [0.15, 0.2) is 16.3 Å². The van der Waals surface area contributed by atoms with Gasteiger partial charge in [0.2, 0.25) is 0 Å². The normalized spacial score (nSPS) is 32.3. The number of hydrogen-bond donors (Lipinski definition) is 1. The summed E-state index contributed by atoms with van der Waals surface area (Å²) in [5, 5.41) is 12.3. The van der Waals surface area contributed by atoms with Crippen LogP contribution < -0.4 is 0 Å². The van der Waals surface area contributed by atoms with Crippen LogP contribution >= 0.6 is 0 Å². The Labute approximate surface area is 123 Å². The van der Waals surface area contributed by atoms with Crippen molar-refractivity contribution in [2.45, 2.75) is 83.5 Å². The van der Waals surface area contributed by atoms with Crippen molar-refractivity contribution in [1.29, 1.82) is 0 Å². The number of rotatable bonds is 1. The summed E-state index contributed by atoms with van der Waals surface area (Å²) in [4.78, 5) is 0. The SMILES string of the molecule is ON=C1CCC(C2CCC(=C3CCCCC3)CC2)CC1. The smallest absolute Gasteiger partial charge is 0.0571 e. The summed E-state index contributed by atoms with van der Waals surface area (Å²) in [5.41, 5.74) is 4.71. The fourth-order valence-corrected chi connectivity index (χ4v) is 4.69. The van der Waals surface area contributed by atoms with E-state index >= 15 is 0 Å². The molecule has 0 aromatic heterocycles. The van der Waals surface area contributed by atoms with E-state index in [1.165, 1.54) is 70.6 Å². The minimum atomic E-state index is 0.901. The molecule has 3 aliphatic carbocycles. The second kappa shape index (κ2) is 6.78. The van der Waals surface area contributed by atoms with E-state index in [-0.39, 0.29) is 0 Å². The van der Waals surface area contributed by atoms with Crippen molar-refractivity contribution in [3.8, 4) is 0 Å². The third-order valence-corrected chi connectivity index (χ3v) is 6.01. The number of oxime groups is 1. The van der Waals surface area contributed by atoms with Crippen LogP contribution in [0.3, 0.4) is 0 Å². The van der Waals surface area contributed by atoms with E-state index in [0.717, 1.165) is 30.4 Å². The molecule has 3 fully saturated rings. The predicted molar refractivity (Wildman–Crippen MR) is 83.2 cm³/mol. The molecule has 0 spiro atoms. The minimum Gasteiger partial charge on any atom is -0.411 e. The molecule has 2 heteroatoms. The molecule has 3 aliphatic rings. The van der Waals surface area contributed by atoms with Gasteiger partial charge >= 0.3 is 0 Å². The first kappa shape index (κ1) is 14.2. The Bertz CT molecular complexity index is 368. The summed E-state index contributed by atoms with van der Waals surface area (Å²) in [7, 11) is 0. The summed E-state index contributed by atoms with van der Waals surface area (Å²) < 4.78 is 0. The molecule has 112 valence electrons. The summed E-state index contributed by atoms with van der Waals surface area (Å²) >= 11 is 0. The minimum absolute atomic E-state index is 0.901. The first-order valence-corrected chi connectivity index (χ1v) is 8.76. The van der Waals surface area contributed by atoms with Crippen molar-refractivity contribution in [2.24, 2.45) is 17.0 Å². The molecular weight excluding hydrogens is 246 g/mol. The first-order valence-electron chi connectivity index (χ1n) is 8.76. The molecule has 0 atom stereocenters. The molecule has 0 bridgehead atoms. The van der Waals surface area contributed by atoms with Gasteiger partial charge in [0.25, 0.3) is 0 Å². The van der Waals surface area contributed by atoms with E-state index in [2.05, 4.69) is 5.16 Å². The molecule has 0 amide bonds. The van der Waals surface area contributed by atoms with Gasteiger partial charge < -0.3 is 5.21 Å². The molecule has 0 unspecified atom stereocenters. The summed E-state index contributed by atoms with van der Waals surface area (Å²) in [6.07, 6.45) is 17.3. The van der Waals surface area contributed by atoms with Gasteiger partial charge in [-0.25, -0.2) is 0 Å². The zero-order valence-electron chi connectivity index (χ0n) is 12.7. The van der Waals surface area contributed by atoms with Gasteiger partial charge in [-0.3, -0.25) is 0 Å². The second-order valence-corrected chi connectivity index (χ2v) is 7.11. The monoisotopic (exact) mass is 275 g/mol. The van der Waals surface area contributed by atoms with Crippen molar-refractivity contribution in [2.75, 3.05) is 0 Å². The summed E-state index contributed by atoms with van der Waals surface area (Å²) in [5.74, 6) is 1.85. The van der Waals surface area contributed by atoms with Crippen LogP contribution in [-0.4, -0.2) is 10.9 Å². The van der Waals surface area contributed by atoms with Crippen molar-refractivity contribution in [3.63, 3.8) is 0 Å². The Morgan fingerprint density at radius 1 is 0.650 bits per heavy atom. The van der Waals surface area contributed by atoms with E-state index in [9.17, 15) is 0 Å². The van der Waals surface area contributed by atoms with E-state index in [4.69, 9.17) is 5.21 Å². The van der Waals surface area contributed by atoms with Crippen LogP contribution in [0.25, 0.3) is 0 Å². The second-order valence-electron chi connectivity index (χ2n) is 7.11. The Kier molecular flexibility index (Phi) is 4.80.